The lowest BCUT2D eigenvalue weighted by Crippen LogP contribution is -2.12. The molecule has 9 nitrogen and oxygen atoms in total. The van der Waals surface area contributed by atoms with Crippen LogP contribution in [0.15, 0.2) is 79.4 Å². The number of H-pyrrole nitrogens is 2. The zero-order chi connectivity index (χ0) is 26.1. The largest absolute Gasteiger partial charge is 0.336 e. The summed E-state index contributed by atoms with van der Waals surface area (Å²) in [4.78, 5) is 36.0. The summed E-state index contributed by atoms with van der Waals surface area (Å²) in [6.07, 6.45) is 6.26. The zero-order valence-electron chi connectivity index (χ0n) is 19.9. The van der Waals surface area contributed by atoms with Gasteiger partial charge in [0.15, 0.2) is 11.3 Å². The monoisotopic (exact) mass is 530 g/mol. The van der Waals surface area contributed by atoms with Crippen LogP contribution in [0, 0.1) is 5.82 Å². The Morgan fingerprint density at radius 3 is 2.72 bits per heavy atom. The predicted octanol–water partition coefficient (Wildman–Crippen LogP) is 6.05. The first-order valence-electron chi connectivity index (χ1n) is 12.0. The highest BCUT2D eigenvalue weighted by Crippen LogP contribution is 2.31. The van der Waals surface area contributed by atoms with Gasteiger partial charge in [0.05, 0.1) is 27.3 Å². The van der Waals surface area contributed by atoms with E-state index in [0.717, 1.165) is 10.2 Å². The SMILES string of the molecule is O=C(c1ccccc1)n1c2cncc(c2)c2cnc3[nH]nc(c4nc5c(ccnc5c5ccc1s5)[nH]4)c3c2F. The fourth-order valence-electron chi connectivity index (χ4n) is 4.88. The van der Waals surface area contributed by atoms with Gasteiger partial charge in [-0.3, -0.25) is 24.4 Å². The lowest BCUT2D eigenvalue weighted by atomic mass is 10.1. The minimum absolute atomic E-state index is 0.205. The van der Waals surface area contributed by atoms with E-state index in [1.54, 1.807) is 41.4 Å². The van der Waals surface area contributed by atoms with Crippen molar-refractivity contribution in [1.29, 1.82) is 0 Å². The van der Waals surface area contributed by atoms with Crippen molar-refractivity contribution in [3.63, 3.8) is 0 Å². The second-order valence-corrected chi connectivity index (χ2v) is 10.1. The number of carbonyl (C=O) groups is 1. The van der Waals surface area contributed by atoms with Crippen molar-refractivity contribution in [2.24, 2.45) is 0 Å². The van der Waals surface area contributed by atoms with Gasteiger partial charge in [0, 0.05) is 34.9 Å². The number of fused-ring (bicyclic) bond motifs is 9. The third-order valence-corrected chi connectivity index (χ3v) is 7.79. The van der Waals surface area contributed by atoms with E-state index in [1.165, 1.54) is 17.5 Å². The molecule has 0 aliphatic heterocycles. The third-order valence-electron chi connectivity index (χ3n) is 6.71. The van der Waals surface area contributed by atoms with Crippen LogP contribution in [0.25, 0.3) is 64.6 Å². The normalized spacial score (nSPS) is 11.8. The lowest BCUT2D eigenvalue weighted by Gasteiger charge is -2.08. The molecule has 0 saturated carbocycles. The minimum Gasteiger partial charge on any atom is -0.336 e. The molecule has 7 heterocycles. The molecule has 0 atom stereocenters. The number of carbonyl (C=O) groups excluding carboxylic acids is 1. The lowest BCUT2D eigenvalue weighted by molar-refractivity contribution is 0.0969. The molecule has 2 N–H and O–H groups in total. The quantitative estimate of drug-likeness (QED) is 0.267. The average Bonchev–Trinajstić information content (AvgIpc) is 3.72. The van der Waals surface area contributed by atoms with Gasteiger partial charge in [0.2, 0.25) is 0 Å². The number of aromatic nitrogens is 8. The van der Waals surface area contributed by atoms with Gasteiger partial charge < -0.3 is 4.98 Å². The molecule has 0 aliphatic carbocycles. The van der Waals surface area contributed by atoms with E-state index in [0.29, 0.717) is 49.1 Å². The highest BCUT2D eigenvalue weighted by Gasteiger charge is 2.17. The number of halogens is 1. The molecule has 11 heteroatoms. The van der Waals surface area contributed by atoms with Crippen molar-refractivity contribution in [3.8, 4) is 0 Å². The van der Waals surface area contributed by atoms with Crippen molar-refractivity contribution in [3.05, 3.63) is 90.8 Å². The molecule has 0 amide bonds. The van der Waals surface area contributed by atoms with Gasteiger partial charge >= 0.3 is 0 Å². The summed E-state index contributed by atoms with van der Waals surface area (Å²) < 4.78 is 18.6. The molecule has 39 heavy (non-hydrogen) atoms. The molecule has 0 fully saturated rings. The van der Waals surface area contributed by atoms with Crippen molar-refractivity contribution in [2.45, 2.75) is 0 Å². The van der Waals surface area contributed by atoms with Crippen molar-refractivity contribution >= 4 is 81.8 Å². The van der Waals surface area contributed by atoms with Crippen LogP contribution in [0.5, 0.6) is 0 Å². The molecular formula is C28H15FN8OS. The molecule has 1 aromatic carbocycles. The van der Waals surface area contributed by atoms with Crippen LogP contribution in [0.3, 0.4) is 0 Å². The standard InChI is InChI=1S/C28H15FN8OS/c29-22-17-13-32-26-21(22)25(35-36-26)27-33-18-8-9-31-24(23(18)34-27)19-6-7-20(39-19)37(16-10-15(17)11-30-12-16)28(38)14-4-2-1-3-5-14/h1-13H,(H,33,34)(H,32,35,36). The Morgan fingerprint density at radius 2 is 1.82 bits per heavy atom. The molecule has 0 radical (unpaired) electrons. The number of imidazole rings is 1. The van der Waals surface area contributed by atoms with E-state index in [2.05, 4.69) is 30.1 Å². The number of rotatable bonds is 1. The molecular weight excluding hydrogens is 515 g/mol. The summed E-state index contributed by atoms with van der Waals surface area (Å²) in [5, 5.41) is 8.05. The van der Waals surface area contributed by atoms with Gasteiger partial charge in [0.25, 0.3) is 5.91 Å². The Morgan fingerprint density at radius 1 is 0.923 bits per heavy atom. The second kappa shape index (κ2) is 8.10. The number of hydrogen-bond donors (Lipinski definition) is 2. The molecule has 8 aromatic rings. The van der Waals surface area contributed by atoms with Crippen LogP contribution >= 0.6 is 11.3 Å². The van der Waals surface area contributed by atoms with Gasteiger partial charge in [-0.25, -0.2) is 14.4 Å². The fraction of sp³-hybridized carbons (Fsp3) is 0. The number of nitrogens with zero attached hydrogens (tertiary/aromatic N) is 6. The Labute approximate surface area is 221 Å². The summed E-state index contributed by atoms with van der Waals surface area (Å²) in [6, 6.07) is 16.3. The van der Waals surface area contributed by atoms with Crippen molar-refractivity contribution in [2.75, 3.05) is 0 Å². The Balaban J connectivity index is 1.64. The molecule has 8 bridgehead atoms. The summed E-state index contributed by atoms with van der Waals surface area (Å²) in [7, 11) is 0. The van der Waals surface area contributed by atoms with E-state index < -0.39 is 5.82 Å². The first-order valence-corrected chi connectivity index (χ1v) is 12.8. The summed E-state index contributed by atoms with van der Waals surface area (Å²) >= 11 is 1.40. The van der Waals surface area contributed by atoms with Crippen LogP contribution in [-0.2, 0) is 0 Å². The average molecular weight is 531 g/mol. The van der Waals surface area contributed by atoms with Gasteiger partial charge in [-0.2, -0.15) is 5.10 Å². The second-order valence-electron chi connectivity index (χ2n) is 9.00. The van der Waals surface area contributed by atoms with E-state index in [9.17, 15) is 4.79 Å². The van der Waals surface area contributed by atoms with E-state index >= 15 is 4.39 Å². The van der Waals surface area contributed by atoms with E-state index in [-0.39, 0.29) is 16.7 Å². The maximum Gasteiger partial charge on any atom is 0.263 e. The van der Waals surface area contributed by atoms with E-state index in [1.807, 2.05) is 36.4 Å². The zero-order valence-corrected chi connectivity index (χ0v) is 20.7. The predicted molar refractivity (Wildman–Crippen MR) is 149 cm³/mol. The van der Waals surface area contributed by atoms with Crippen LogP contribution < -0.4 is 0 Å². The molecule has 0 unspecified atom stereocenters. The van der Waals surface area contributed by atoms with Gasteiger partial charge in [-0.1, -0.05) is 18.2 Å². The van der Waals surface area contributed by atoms with Gasteiger partial charge in [0.1, 0.15) is 27.2 Å². The molecule has 0 spiro atoms. The number of nitrogens with one attached hydrogen (secondary N) is 2. The van der Waals surface area contributed by atoms with Crippen LogP contribution in [0.4, 0.5) is 4.39 Å². The molecule has 8 rings (SSSR count). The number of benzene rings is 1. The smallest absolute Gasteiger partial charge is 0.263 e. The van der Waals surface area contributed by atoms with Crippen LogP contribution in [0.1, 0.15) is 10.4 Å². The first kappa shape index (κ1) is 21.8. The third kappa shape index (κ3) is 3.23. The summed E-state index contributed by atoms with van der Waals surface area (Å²) in [5.41, 5.74) is 3.97. The number of hydrogen-bond acceptors (Lipinski definition) is 7. The van der Waals surface area contributed by atoms with Gasteiger partial charge in [-0.05, 0) is 36.4 Å². The van der Waals surface area contributed by atoms with Crippen LogP contribution in [0.2, 0.25) is 0 Å². The molecule has 0 saturated heterocycles. The highest BCUT2D eigenvalue weighted by atomic mass is 32.1. The summed E-state index contributed by atoms with van der Waals surface area (Å²) in [5.74, 6) is -0.762. The fourth-order valence-corrected chi connectivity index (χ4v) is 5.91. The highest BCUT2D eigenvalue weighted by molar-refractivity contribution is 7.24. The molecule has 7 aromatic heterocycles. The Kier molecular flexibility index (Phi) is 4.52. The minimum atomic E-state index is -0.518. The van der Waals surface area contributed by atoms with Crippen molar-refractivity contribution in [1.82, 2.24) is 39.7 Å². The Hall–Kier alpha value is -5.29. The maximum absolute atomic E-state index is 16.2. The van der Waals surface area contributed by atoms with E-state index in [4.69, 9.17) is 4.98 Å². The Bertz CT molecular complexity index is 2330. The topological polar surface area (TPSA) is 118 Å². The van der Waals surface area contributed by atoms with Gasteiger partial charge in [-0.15, -0.1) is 11.3 Å². The number of pyridine rings is 3. The molecule has 0 aliphatic rings. The number of thiophene rings is 1. The summed E-state index contributed by atoms with van der Waals surface area (Å²) in [6.45, 7) is 0. The van der Waals surface area contributed by atoms with Crippen LogP contribution in [-0.4, -0.2) is 45.6 Å². The van der Waals surface area contributed by atoms with Crippen molar-refractivity contribution < 1.29 is 9.18 Å². The first-order chi connectivity index (χ1) is 19.2. The maximum atomic E-state index is 16.2. The molecule has 186 valence electrons. The number of aromatic amines is 2.